The molecular weight excluding hydrogens is 420 g/mol. The van der Waals surface area contributed by atoms with Gasteiger partial charge >= 0.3 is 0 Å². The van der Waals surface area contributed by atoms with Gasteiger partial charge < -0.3 is 9.80 Å². The van der Waals surface area contributed by atoms with Crippen molar-refractivity contribution in [3.05, 3.63) is 65.7 Å². The molecule has 1 fully saturated rings. The van der Waals surface area contributed by atoms with E-state index in [4.69, 9.17) is 0 Å². The number of sulfone groups is 1. The Hall–Kier alpha value is -2.18. The number of carbonyl (C=O) groups is 1. The van der Waals surface area contributed by atoms with Crippen LogP contribution in [0.4, 0.5) is 0 Å². The summed E-state index contributed by atoms with van der Waals surface area (Å²) in [7, 11) is -3.22. The zero-order chi connectivity index (χ0) is 23.1. The molecule has 0 unspecified atom stereocenters. The van der Waals surface area contributed by atoms with Crippen molar-refractivity contribution < 1.29 is 13.2 Å². The van der Waals surface area contributed by atoms with Crippen LogP contribution in [0.1, 0.15) is 50.2 Å². The van der Waals surface area contributed by atoms with Gasteiger partial charge in [0.1, 0.15) is 0 Å². The highest BCUT2D eigenvalue weighted by Gasteiger charge is 2.27. The summed E-state index contributed by atoms with van der Waals surface area (Å²) in [6.45, 7) is 8.18. The van der Waals surface area contributed by atoms with Crippen LogP contribution in [0.3, 0.4) is 0 Å². The highest BCUT2D eigenvalue weighted by Crippen LogP contribution is 2.22. The maximum absolute atomic E-state index is 13.0. The molecule has 1 aliphatic heterocycles. The third-order valence-electron chi connectivity index (χ3n) is 6.61. The van der Waals surface area contributed by atoms with Crippen molar-refractivity contribution >= 4 is 15.7 Å². The van der Waals surface area contributed by atoms with Gasteiger partial charge in [-0.2, -0.15) is 0 Å². The molecule has 0 spiro atoms. The van der Waals surface area contributed by atoms with Gasteiger partial charge in [-0.3, -0.25) is 4.79 Å². The van der Waals surface area contributed by atoms with E-state index in [1.165, 1.54) is 11.8 Å². The Morgan fingerprint density at radius 3 is 2.25 bits per heavy atom. The van der Waals surface area contributed by atoms with Gasteiger partial charge in [0.25, 0.3) is 0 Å². The smallest absolute Gasteiger partial charge is 0.227 e. The highest BCUT2D eigenvalue weighted by molar-refractivity contribution is 7.90. The fourth-order valence-electron chi connectivity index (χ4n) is 4.55. The second-order valence-corrected chi connectivity index (χ2v) is 11.0. The first-order valence-corrected chi connectivity index (χ1v) is 13.5. The number of nitrogens with zero attached hydrogens (tertiary/aromatic N) is 2. The van der Waals surface area contributed by atoms with E-state index >= 15 is 0 Å². The first-order chi connectivity index (χ1) is 15.3. The second kappa shape index (κ2) is 11.1. The largest absolute Gasteiger partial charge is 0.340 e. The van der Waals surface area contributed by atoms with E-state index in [0.29, 0.717) is 18.9 Å². The first-order valence-electron chi connectivity index (χ1n) is 11.6. The Morgan fingerprint density at radius 1 is 1.06 bits per heavy atom. The molecule has 174 valence electrons. The summed E-state index contributed by atoms with van der Waals surface area (Å²) >= 11 is 0. The summed E-state index contributed by atoms with van der Waals surface area (Å²) in [4.78, 5) is 17.8. The zero-order valence-corrected chi connectivity index (χ0v) is 20.4. The molecule has 2 aromatic rings. The lowest BCUT2D eigenvalue weighted by Gasteiger charge is -2.38. The average Bonchev–Trinajstić information content (AvgIpc) is 2.79. The van der Waals surface area contributed by atoms with Crippen LogP contribution in [0.5, 0.6) is 0 Å². The van der Waals surface area contributed by atoms with E-state index in [1.54, 1.807) is 24.3 Å². The molecule has 6 heteroatoms. The summed E-state index contributed by atoms with van der Waals surface area (Å²) in [6, 6.07) is 17.6. The number of piperidine rings is 1. The van der Waals surface area contributed by atoms with E-state index in [1.807, 2.05) is 11.8 Å². The summed E-state index contributed by atoms with van der Waals surface area (Å²) < 4.78 is 23.3. The van der Waals surface area contributed by atoms with Crippen molar-refractivity contribution in [1.29, 1.82) is 0 Å². The predicted octanol–water partition coefficient (Wildman–Crippen LogP) is 4.14. The normalized spacial score (nSPS) is 16.6. The van der Waals surface area contributed by atoms with Gasteiger partial charge in [0.2, 0.25) is 5.91 Å². The standard InChI is InChI=1S/C26H36N2O3S/c1-4-28(26(29)20-22-10-12-25(13-11-22)32(3,30)31)24-15-18-27(19-16-24)17-14-21(2)23-8-6-5-7-9-23/h5-13,21,24H,4,14-20H2,1-3H3/t21-/m1/s1. The molecule has 1 atom stereocenters. The SMILES string of the molecule is CCN(C(=O)Cc1ccc(S(C)(=O)=O)cc1)C1CCN(CC[C@@H](C)c2ccccc2)CC1. The first kappa shape index (κ1) is 24.5. The van der Waals surface area contributed by atoms with Crippen molar-refractivity contribution in [2.75, 3.05) is 32.4 Å². The molecule has 5 nitrogen and oxygen atoms in total. The van der Waals surface area contributed by atoms with E-state index in [-0.39, 0.29) is 16.8 Å². The Kier molecular flexibility index (Phi) is 8.49. The lowest BCUT2D eigenvalue weighted by Crippen LogP contribution is -2.48. The maximum atomic E-state index is 13.0. The Labute approximate surface area is 193 Å². The number of hydrogen-bond donors (Lipinski definition) is 0. The van der Waals surface area contributed by atoms with Gasteiger partial charge in [-0.25, -0.2) is 8.42 Å². The molecule has 1 amide bonds. The Balaban J connectivity index is 1.48. The minimum atomic E-state index is -3.22. The molecule has 2 aromatic carbocycles. The monoisotopic (exact) mass is 456 g/mol. The highest BCUT2D eigenvalue weighted by atomic mass is 32.2. The van der Waals surface area contributed by atoms with Crippen LogP contribution in [0.2, 0.25) is 0 Å². The Bertz CT molecular complexity index is 966. The van der Waals surface area contributed by atoms with Crippen LogP contribution in [-0.4, -0.2) is 62.6 Å². The van der Waals surface area contributed by atoms with Crippen LogP contribution in [0.15, 0.2) is 59.5 Å². The summed E-state index contributed by atoms with van der Waals surface area (Å²) in [6.07, 6.45) is 4.67. The fraction of sp³-hybridized carbons (Fsp3) is 0.500. The third-order valence-corrected chi connectivity index (χ3v) is 7.74. The van der Waals surface area contributed by atoms with Crippen LogP contribution in [0.25, 0.3) is 0 Å². The van der Waals surface area contributed by atoms with Crippen molar-refractivity contribution in [3.63, 3.8) is 0 Å². The van der Waals surface area contributed by atoms with Gasteiger partial charge in [0.05, 0.1) is 11.3 Å². The Morgan fingerprint density at radius 2 is 1.69 bits per heavy atom. The molecule has 0 radical (unpaired) electrons. The van der Waals surface area contributed by atoms with E-state index < -0.39 is 9.84 Å². The lowest BCUT2D eigenvalue weighted by atomic mass is 9.96. The van der Waals surface area contributed by atoms with E-state index in [0.717, 1.165) is 44.5 Å². The molecule has 1 aliphatic rings. The van der Waals surface area contributed by atoms with Gasteiger partial charge in [-0.15, -0.1) is 0 Å². The zero-order valence-electron chi connectivity index (χ0n) is 19.5. The molecule has 32 heavy (non-hydrogen) atoms. The van der Waals surface area contributed by atoms with Crippen LogP contribution in [-0.2, 0) is 21.1 Å². The number of likely N-dealkylation sites (tertiary alicyclic amines) is 1. The van der Waals surface area contributed by atoms with Crippen molar-refractivity contribution in [2.24, 2.45) is 0 Å². The van der Waals surface area contributed by atoms with Crippen LogP contribution >= 0.6 is 0 Å². The minimum absolute atomic E-state index is 0.121. The average molecular weight is 457 g/mol. The minimum Gasteiger partial charge on any atom is -0.340 e. The van der Waals surface area contributed by atoms with E-state index in [2.05, 4.69) is 42.2 Å². The number of hydrogen-bond acceptors (Lipinski definition) is 4. The molecule has 3 rings (SSSR count). The number of likely N-dealkylation sites (N-methyl/N-ethyl adjacent to an activating group) is 1. The van der Waals surface area contributed by atoms with E-state index in [9.17, 15) is 13.2 Å². The van der Waals surface area contributed by atoms with Crippen LogP contribution in [0, 0.1) is 0 Å². The third kappa shape index (κ3) is 6.66. The maximum Gasteiger partial charge on any atom is 0.227 e. The van der Waals surface area contributed by atoms with Gasteiger partial charge in [-0.05, 0) is 61.9 Å². The second-order valence-electron chi connectivity index (χ2n) is 8.95. The quantitative estimate of drug-likeness (QED) is 0.569. The molecule has 0 saturated carbocycles. The summed E-state index contributed by atoms with van der Waals surface area (Å²) in [5.74, 6) is 0.674. The molecule has 1 heterocycles. The molecule has 0 N–H and O–H groups in total. The summed E-state index contributed by atoms with van der Waals surface area (Å²) in [5, 5.41) is 0. The molecular formula is C26H36N2O3S. The van der Waals surface area contributed by atoms with Crippen molar-refractivity contribution in [3.8, 4) is 0 Å². The number of rotatable bonds is 9. The molecule has 0 bridgehead atoms. The van der Waals surface area contributed by atoms with Gasteiger partial charge in [0.15, 0.2) is 9.84 Å². The van der Waals surface area contributed by atoms with Crippen LogP contribution < -0.4 is 0 Å². The number of carbonyl (C=O) groups excluding carboxylic acids is 1. The number of benzene rings is 2. The predicted molar refractivity (Wildman–Crippen MR) is 130 cm³/mol. The molecule has 0 aromatic heterocycles. The molecule has 0 aliphatic carbocycles. The number of amides is 1. The lowest BCUT2D eigenvalue weighted by molar-refractivity contribution is -0.133. The molecule has 1 saturated heterocycles. The van der Waals surface area contributed by atoms with Gasteiger partial charge in [0, 0.05) is 31.9 Å². The van der Waals surface area contributed by atoms with Crippen molar-refractivity contribution in [1.82, 2.24) is 9.80 Å². The fourth-order valence-corrected chi connectivity index (χ4v) is 5.18. The summed E-state index contributed by atoms with van der Waals surface area (Å²) in [5.41, 5.74) is 2.25. The van der Waals surface area contributed by atoms with Crippen molar-refractivity contribution in [2.45, 2.75) is 56.4 Å². The topological polar surface area (TPSA) is 57.7 Å². The van der Waals surface area contributed by atoms with Gasteiger partial charge in [-0.1, -0.05) is 49.4 Å².